The van der Waals surface area contributed by atoms with E-state index >= 15 is 0 Å². The number of nitrogens with zero attached hydrogens (tertiary/aromatic N) is 2. The van der Waals surface area contributed by atoms with Gasteiger partial charge < -0.3 is 14.6 Å². The molecule has 8 nitrogen and oxygen atoms in total. The lowest BCUT2D eigenvalue weighted by Gasteiger charge is -2.34. The standard InChI is InChI=1S/C21H26ClN3O5S/c1-4-6-17-18(21(27)30-3)14(2)23-19(17)20(26)24-9-11-25(12-10-24)31(28,29)16-8-5-7-15(22)13-16/h5,7-8,13,23H,4,6,9-12H2,1-3H3. The minimum atomic E-state index is -3.69. The fraction of sp³-hybridized carbons (Fsp3) is 0.429. The molecule has 1 saturated heterocycles. The van der Waals surface area contributed by atoms with Crippen molar-refractivity contribution in [3.63, 3.8) is 0 Å². The summed E-state index contributed by atoms with van der Waals surface area (Å²) in [7, 11) is -2.38. The molecule has 0 bridgehead atoms. The van der Waals surface area contributed by atoms with E-state index in [4.69, 9.17) is 16.3 Å². The van der Waals surface area contributed by atoms with Crippen molar-refractivity contribution in [1.82, 2.24) is 14.2 Å². The van der Waals surface area contributed by atoms with Gasteiger partial charge in [-0.05, 0) is 37.1 Å². The molecule has 31 heavy (non-hydrogen) atoms. The first kappa shape index (κ1) is 23.3. The number of hydrogen-bond donors (Lipinski definition) is 1. The molecule has 2 aromatic rings. The number of halogens is 1. The highest BCUT2D eigenvalue weighted by molar-refractivity contribution is 7.89. The van der Waals surface area contributed by atoms with E-state index < -0.39 is 16.0 Å². The Hall–Kier alpha value is -2.36. The Balaban J connectivity index is 1.79. The third kappa shape index (κ3) is 4.63. The van der Waals surface area contributed by atoms with E-state index in [1.807, 2.05) is 6.92 Å². The van der Waals surface area contributed by atoms with E-state index in [1.54, 1.807) is 24.0 Å². The summed E-state index contributed by atoms with van der Waals surface area (Å²) in [5, 5.41) is 0.349. The molecule has 1 fully saturated rings. The second-order valence-corrected chi connectivity index (χ2v) is 9.75. The number of nitrogens with one attached hydrogen (secondary N) is 1. The molecule has 1 aromatic heterocycles. The monoisotopic (exact) mass is 467 g/mol. The fourth-order valence-electron chi connectivity index (χ4n) is 3.80. The van der Waals surface area contributed by atoms with Gasteiger partial charge in [0.25, 0.3) is 5.91 Å². The molecule has 3 rings (SSSR count). The number of benzene rings is 1. The molecule has 0 atom stereocenters. The molecule has 1 aliphatic rings. The van der Waals surface area contributed by atoms with Gasteiger partial charge >= 0.3 is 5.97 Å². The lowest BCUT2D eigenvalue weighted by molar-refractivity contribution is 0.0599. The molecule has 1 amide bonds. The number of carbonyl (C=O) groups is 2. The van der Waals surface area contributed by atoms with Crippen LogP contribution in [0.15, 0.2) is 29.2 Å². The normalized spacial score (nSPS) is 15.2. The van der Waals surface area contributed by atoms with Gasteiger partial charge in [-0.15, -0.1) is 0 Å². The first-order valence-electron chi connectivity index (χ1n) is 10.1. The SMILES string of the molecule is CCCc1c(C(=O)N2CCN(S(=O)(=O)c3cccc(Cl)c3)CC2)[nH]c(C)c1C(=O)OC. The third-order valence-electron chi connectivity index (χ3n) is 5.35. The zero-order valence-electron chi connectivity index (χ0n) is 17.8. The summed E-state index contributed by atoms with van der Waals surface area (Å²) >= 11 is 5.94. The first-order chi connectivity index (χ1) is 14.7. The summed E-state index contributed by atoms with van der Waals surface area (Å²) in [5.74, 6) is -0.727. The molecule has 168 valence electrons. The summed E-state index contributed by atoms with van der Waals surface area (Å²) in [6.45, 7) is 4.54. The van der Waals surface area contributed by atoms with Gasteiger partial charge in [-0.25, -0.2) is 13.2 Å². The minimum Gasteiger partial charge on any atom is -0.465 e. The lowest BCUT2D eigenvalue weighted by atomic mass is 10.0. The second kappa shape index (κ2) is 9.42. The molecule has 1 aliphatic heterocycles. The van der Waals surface area contributed by atoms with E-state index in [1.165, 1.54) is 23.5 Å². The highest BCUT2D eigenvalue weighted by Gasteiger charge is 2.33. The molecular weight excluding hydrogens is 442 g/mol. The van der Waals surface area contributed by atoms with Crippen LogP contribution in [0.2, 0.25) is 5.02 Å². The van der Waals surface area contributed by atoms with Crippen LogP contribution in [0.1, 0.15) is 45.4 Å². The van der Waals surface area contributed by atoms with E-state index in [9.17, 15) is 18.0 Å². The number of sulfonamides is 1. The van der Waals surface area contributed by atoms with Crippen LogP contribution in [-0.4, -0.2) is 67.8 Å². The van der Waals surface area contributed by atoms with Gasteiger partial charge in [0.15, 0.2) is 0 Å². The van der Waals surface area contributed by atoms with Crippen LogP contribution in [-0.2, 0) is 21.2 Å². The van der Waals surface area contributed by atoms with Crippen molar-refractivity contribution >= 4 is 33.5 Å². The van der Waals surface area contributed by atoms with Gasteiger partial charge in [-0.2, -0.15) is 4.31 Å². The second-order valence-electron chi connectivity index (χ2n) is 7.37. The highest BCUT2D eigenvalue weighted by Crippen LogP contribution is 2.25. The molecule has 1 N–H and O–H groups in total. The smallest absolute Gasteiger partial charge is 0.339 e. The molecule has 0 saturated carbocycles. The van der Waals surface area contributed by atoms with E-state index in [0.717, 1.165) is 6.42 Å². The molecule has 1 aromatic carbocycles. The number of amides is 1. The van der Waals surface area contributed by atoms with Gasteiger partial charge in [0, 0.05) is 36.9 Å². The van der Waals surface area contributed by atoms with Gasteiger partial charge in [-0.1, -0.05) is 31.0 Å². The number of H-pyrrole nitrogens is 1. The maximum atomic E-state index is 13.2. The van der Waals surface area contributed by atoms with Gasteiger partial charge in [0.2, 0.25) is 10.0 Å². The Morgan fingerprint density at radius 1 is 1.19 bits per heavy atom. The van der Waals surface area contributed by atoms with Crippen molar-refractivity contribution in [3.05, 3.63) is 51.8 Å². The number of piperazine rings is 1. The van der Waals surface area contributed by atoms with Crippen molar-refractivity contribution in [2.45, 2.75) is 31.6 Å². The average molecular weight is 468 g/mol. The lowest BCUT2D eigenvalue weighted by Crippen LogP contribution is -2.50. The number of carbonyl (C=O) groups excluding carboxylic acids is 2. The van der Waals surface area contributed by atoms with Crippen LogP contribution < -0.4 is 0 Å². The summed E-state index contributed by atoms with van der Waals surface area (Å²) in [6, 6.07) is 6.13. The zero-order valence-corrected chi connectivity index (χ0v) is 19.3. The molecule has 0 spiro atoms. The molecule has 0 aliphatic carbocycles. The van der Waals surface area contributed by atoms with Crippen LogP contribution in [0.3, 0.4) is 0 Å². The quantitative estimate of drug-likeness (QED) is 0.658. The number of rotatable bonds is 6. The van der Waals surface area contributed by atoms with Gasteiger partial charge in [-0.3, -0.25) is 4.79 Å². The molecular formula is C21H26ClN3O5S. The Morgan fingerprint density at radius 2 is 1.87 bits per heavy atom. The van der Waals surface area contributed by atoms with Crippen LogP contribution in [0.25, 0.3) is 0 Å². The maximum absolute atomic E-state index is 13.2. The largest absolute Gasteiger partial charge is 0.465 e. The number of methoxy groups -OCH3 is 1. The molecule has 0 radical (unpaired) electrons. The van der Waals surface area contributed by atoms with Crippen LogP contribution in [0.5, 0.6) is 0 Å². The summed E-state index contributed by atoms with van der Waals surface area (Å²) in [6.07, 6.45) is 1.31. The van der Waals surface area contributed by atoms with Crippen molar-refractivity contribution < 1.29 is 22.7 Å². The van der Waals surface area contributed by atoms with Crippen LogP contribution in [0.4, 0.5) is 0 Å². The number of aryl methyl sites for hydroxylation is 1. The predicted molar refractivity (Wildman–Crippen MR) is 117 cm³/mol. The van der Waals surface area contributed by atoms with Crippen molar-refractivity contribution in [2.24, 2.45) is 0 Å². The van der Waals surface area contributed by atoms with Crippen molar-refractivity contribution in [2.75, 3.05) is 33.3 Å². The Bertz CT molecular complexity index is 1090. The molecule has 10 heteroatoms. The number of esters is 1. The highest BCUT2D eigenvalue weighted by atomic mass is 35.5. The number of aromatic nitrogens is 1. The van der Waals surface area contributed by atoms with E-state index in [2.05, 4.69) is 4.98 Å². The molecule has 2 heterocycles. The summed E-state index contributed by atoms with van der Waals surface area (Å²) in [4.78, 5) is 30.2. The average Bonchev–Trinajstić information content (AvgIpc) is 3.09. The van der Waals surface area contributed by atoms with E-state index in [-0.39, 0.29) is 37.0 Å². The number of hydrogen-bond acceptors (Lipinski definition) is 5. The number of ether oxygens (including phenoxy) is 1. The van der Waals surface area contributed by atoms with Gasteiger partial charge in [0.1, 0.15) is 5.69 Å². The third-order valence-corrected chi connectivity index (χ3v) is 7.48. The van der Waals surface area contributed by atoms with Crippen molar-refractivity contribution in [3.8, 4) is 0 Å². The van der Waals surface area contributed by atoms with Crippen LogP contribution in [0, 0.1) is 6.92 Å². The minimum absolute atomic E-state index is 0.132. The Morgan fingerprint density at radius 3 is 2.45 bits per heavy atom. The van der Waals surface area contributed by atoms with Crippen molar-refractivity contribution in [1.29, 1.82) is 0 Å². The fourth-order valence-corrected chi connectivity index (χ4v) is 5.53. The first-order valence-corrected chi connectivity index (χ1v) is 11.9. The Kier molecular flexibility index (Phi) is 7.08. The Labute approximate surface area is 187 Å². The van der Waals surface area contributed by atoms with Gasteiger partial charge in [0.05, 0.1) is 17.6 Å². The van der Waals surface area contributed by atoms with E-state index in [0.29, 0.717) is 34.0 Å². The van der Waals surface area contributed by atoms with Crippen LogP contribution >= 0.6 is 11.6 Å². The maximum Gasteiger partial charge on any atom is 0.339 e. The summed E-state index contributed by atoms with van der Waals surface area (Å²) in [5.41, 5.74) is 1.99. The molecule has 0 unspecified atom stereocenters. The summed E-state index contributed by atoms with van der Waals surface area (Å²) < 4.78 is 32.0. The predicted octanol–water partition coefficient (Wildman–Crippen LogP) is 2.86. The number of aromatic amines is 1. The zero-order chi connectivity index (χ0) is 22.8. The topological polar surface area (TPSA) is 99.8 Å².